The second-order valence-electron chi connectivity index (χ2n) is 4.28. The number of nitrogens with zero attached hydrogens (tertiary/aromatic N) is 4. The SMILES string of the molecule is O=c1c(Cl)c(Cl)cnn1Cc1nnc(-c2ccc(Br)cc2)o1. The zero-order valence-corrected chi connectivity index (χ0v) is 13.9. The Balaban J connectivity index is 1.87. The largest absolute Gasteiger partial charge is 0.419 e. The Kier molecular flexibility index (Phi) is 4.28. The van der Waals surface area contributed by atoms with Gasteiger partial charge in [0.25, 0.3) is 5.56 Å². The predicted molar refractivity (Wildman–Crippen MR) is 85.1 cm³/mol. The first-order valence-electron chi connectivity index (χ1n) is 6.04. The van der Waals surface area contributed by atoms with Crippen molar-refractivity contribution in [2.45, 2.75) is 6.54 Å². The Hall–Kier alpha value is -1.70. The van der Waals surface area contributed by atoms with Crippen LogP contribution in [0.3, 0.4) is 0 Å². The summed E-state index contributed by atoms with van der Waals surface area (Å²) in [7, 11) is 0. The van der Waals surface area contributed by atoms with Crippen LogP contribution in [-0.2, 0) is 6.54 Å². The third kappa shape index (κ3) is 3.06. The van der Waals surface area contributed by atoms with E-state index in [1.54, 1.807) is 0 Å². The Morgan fingerprint density at radius 1 is 1.18 bits per heavy atom. The van der Waals surface area contributed by atoms with Crippen molar-refractivity contribution in [1.82, 2.24) is 20.0 Å². The lowest BCUT2D eigenvalue weighted by Gasteiger charge is -2.01. The van der Waals surface area contributed by atoms with Gasteiger partial charge in [-0.15, -0.1) is 10.2 Å². The van der Waals surface area contributed by atoms with Crippen molar-refractivity contribution < 1.29 is 4.42 Å². The highest BCUT2D eigenvalue weighted by Gasteiger charge is 2.12. The van der Waals surface area contributed by atoms with E-state index in [9.17, 15) is 4.79 Å². The second kappa shape index (κ2) is 6.20. The average molecular weight is 402 g/mol. The van der Waals surface area contributed by atoms with Gasteiger partial charge in [0.1, 0.15) is 11.6 Å². The van der Waals surface area contributed by atoms with Gasteiger partial charge in [-0.1, -0.05) is 39.1 Å². The predicted octanol–water partition coefficient (Wildman–Crippen LogP) is 3.41. The lowest BCUT2D eigenvalue weighted by atomic mass is 10.2. The van der Waals surface area contributed by atoms with Crippen LogP contribution in [0, 0.1) is 0 Å². The minimum atomic E-state index is -0.516. The third-order valence-corrected chi connectivity index (χ3v) is 4.06. The Morgan fingerprint density at radius 2 is 1.91 bits per heavy atom. The molecule has 1 aromatic carbocycles. The van der Waals surface area contributed by atoms with Gasteiger partial charge in [-0.3, -0.25) is 4.79 Å². The number of halogens is 3. The highest BCUT2D eigenvalue weighted by Crippen LogP contribution is 2.21. The molecule has 112 valence electrons. The van der Waals surface area contributed by atoms with Crippen molar-refractivity contribution in [2.24, 2.45) is 0 Å². The highest BCUT2D eigenvalue weighted by molar-refractivity contribution is 9.10. The minimum absolute atomic E-state index is 0.0131. The molecule has 2 aromatic heterocycles. The topological polar surface area (TPSA) is 73.8 Å². The molecular formula is C13H7BrCl2N4O2. The summed E-state index contributed by atoms with van der Waals surface area (Å²) < 4.78 is 7.58. The molecular weight excluding hydrogens is 395 g/mol. The molecule has 0 bridgehead atoms. The van der Waals surface area contributed by atoms with Gasteiger partial charge in [0.15, 0.2) is 0 Å². The normalized spacial score (nSPS) is 10.9. The lowest BCUT2D eigenvalue weighted by Crippen LogP contribution is -2.23. The standard InChI is InChI=1S/C13H7BrCl2N4O2/c14-8-3-1-7(2-4-8)12-19-18-10(22-12)6-20-13(21)11(16)9(15)5-17-20/h1-5H,6H2. The van der Waals surface area contributed by atoms with Crippen LogP contribution in [0.2, 0.25) is 10.0 Å². The first-order chi connectivity index (χ1) is 10.5. The van der Waals surface area contributed by atoms with E-state index in [1.807, 2.05) is 24.3 Å². The van der Waals surface area contributed by atoms with Crippen LogP contribution < -0.4 is 5.56 Å². The summed E-state index contributed by atoms with van der Waals surface area (Å²) in [6, 6.07) is 7.41. The van der Waals surface area contributed by atoms with Crippen LogP contribution in [0.15, 0.2) is 44.1 Å². The molecule has 2 heterocycles. The molecule has 0 N–H and O–H groups in total. The van der Waals surface area contributed by atoms with Crippen molar-refractivity contribution in [3.05, 3.63) is 61.2 Å². The molecule has 0 saturated carbocycles. The Morgan fingerprint density at radius 3 is 2.64 bits per heavy atom. The number of rotatable bonds is 3. The van der Waals surface area contributed by atoms with E-state index >= 15 is 0 Å². The second-order valence-corrected chi connectivity index (χ2v) is 5.98. The Bertz CT molecular complexity index is 876. The molecule has 0 aliphatic heterocycles. The number of aromatic nitrogens is 4. The van der Waals surface area contributed by atoms with E-state index in [1.165, 1.54) is 6.20 Å². The van der Waals surface area contributed by atoms with Gasteiger partial charge in [-0.05, 0) is 24.3 Å². The van der Waals surface area contributed by atoms with Crippen LogP contribution in [0.1, 0.15) is 5.89 Å². The molecule has 0 radical (unpaired) electrons. The van der Waals surface area contributed by atoms with Crippen LogP contribution in [-0.4, -0.2) is 20.0 Å². The van der Waals surface area contributed by atoms with Crippen molar-refractivity contribution in [3.8, 4) is 11.5 Å². The molecule has 0 aliphatic rings. The smallest absolute Gasteiger partial charge is 0.287 e. The van der Waals surface area contributed by atoms with E-state index in [-0.39, 0.29) is 22.5 Å². The van der Waals surface area contributed by atoms with Crippen molar-refractivity contribution in [3.63, 3.8) is 0 Å². The van der Waals surface area contributed by atoms with E-state index in [0.29, 0.717) is 5.89 Å². The maximum Gasteiger partial charge on any atom is 0.287 e. The molecule has 0 amide bonds. The van der Waals surface area contributed by atoms with Crippen LogP contribution in [0.5, 0.6) is 0 Å². The first-order valence-corrected chi connectivity index (χ1v) is 7.59. The van der Waals surface area contributed by atoms with E-state index in [2.05, 4.69) is 31.2 Å². The van der Waals surface area contributed by atoms with Crippen molar-refractivity contribution >= 4 is 39.1 Å². The molecule has 0 fully saturated rings. The third-order valence-electron chi connectivity index (χ3n) is 2.79. The summed E-state index contributed by atoms with van der Waals surface area (Å²) in [5, 5.41) is 11.7. The molecule has 3 aromatic rings. The van der Waals surface area contributed by atoms with Gasteiger partial charge in [-0.25, -0.2) is 4.68 Å². The molecule has 0 saturated heterocycles. The molecule has 9 heteroatoms. The number of benzene rings is 1. The van der Waals surface area contributed by atoms with E-state index < -0.39 is 5.56 Å². The summed E-state index contributed by atoms with van der Waals surface area (Å²) in [6.07, 6.45) is 1.29. The molecule has 0 unspecified atom stereocenters. The summed E-state index contributed by atoms with van der Waals surface area (Å²) in [5.74, 6) is 0.599. The molecule has 0 spiro atoms. The first kappa shape index (κ1) is 15.2. The molecule has 0 atom stereocenters. The maximum atomic E-state index is 11.9. The highest BCUT2D eigenvalue weighted by atomic mass is 79.9. The molecule has 3 rings (SSSR count). The van der Waals surface area contributed by atoms with Crippen LogP contribution >= 0.6 is 39.1 Å². The fourth-order valence-electron chi connectivity index (χ4n) is 1.71. The summed E-state index contributed by atoms with van der Waals surface area (Å²) >= 11 is 14.9. The van der Waals surface area contributed by atoms with Gasteiger partial charge < -0.3 is 4.42 Å². The fourth-order valence-corrected chi connectivity index (χ4v) is 2.25. The molecule has 6 nitrogen and oxygen atoms in total. The van der Waals surface area contributed by atoms with Crippen LogP contribution in [0.4, 0.5) is 0 Å². The zero-order chi connectivity index (χ0) is 15.7. The van der Waals surface area contributed by atoms with Gasteiger partial charge in [-0.2, -0.15) is 5.10 Å². The summed E-state index contributed by atoms with van der Waals surface area (Å²) in [6.45, 7) is 0.0131. The van der Waals surface area contributed by atoms with Crippen LogP contribution in [0.25, 0.3) is 11.5 Å². The van der Waals surface area contributed by atoms with E-state index in [4.69, 9.17) is 27.6 Å². The van der Waals surface area contributed by atoms with Gasteiger partial charge >= 0.3 is 0 Å². The summed E-state index contributed by atoms with van der Waals surface area (Å²) in [4.78, 5) is 11.9. The van der Waals surface area contributed by atoms with Crippen molar-refractivity contribution in [2.75, 3.05) is 0 Å². The Labute approximate surface area is 142 Å². The molecule has 22 heavy (non-hydrogen) atoms. The lowest BCUT2D eigenvalue weighted by molar-refractivity contribution is 0.465. The fraction of sp³-hybridized carbons (Fsp3) is 0.0769. The monoisotopic (exact) mass is 400 g/mol. The summed E-state index contributed by atoms with van der Waals surface area (Å²) in [5.41, 5.74) is 0.258. The maximum absolute atomic E-state index is 11.9. The van der Waals surface area contributed by atoms with Crippen molar-refractivity contribution in [1.29, 1.82) is 0 Å². The number of hydrogen-bond acceptors (Lipinski definition) is 5. The quantitative estimate of drug-likeness (QED) is 0.672. The zero-order valence-electron chi connectivity index (χ0n) is 10.8. The van der Waals surface area contributed by atoms with Gasteiger partial charge in [0, 0.05) is 10.0 Å². The van der Waals surface area contributed by atoms with Gasteiger partial charge in [0.2, 0.25) is 11.8 Å². The minimum Gasteiger partial charge on any atom is -0.419 e. The average Bonchev–Trinajstić information content (AvgIpc) is 2.97. The van der Waals surface area contributed by atoms with Gasteiger partial charge in [0.05, 0.1) is 11.2 Å². The van der Waals surface area contributed by atoms with E-state index in [0.717, 1.165) is 14.7 Å². The molecule has 0 aliphatic carbocycles. The number of hydrogen-bond donors (Lipinski definition) is 0.